The van der Waals surface area contributed by atoms with Crippen molar-refractivity contribution in [2.75, 3.05) is 19.6 Å². The van der Waals surface area contributed by atoms with E-state index >= 15 is 0 Å². The van der Waals surface area contributed by atoms with Crippen LogP contribution in [0.5, 0.6) is 0 Å². The highest BCUT2D eigenvalue weighted by molar-refractivity contribution is 5.70. The molecule has 3 saturated heterocycles. The van der Waals surface area contributed by atoms with E-state index in [1.807, 2.05) is 24.3 Å². The van der Waals surface area contributed by atoms with Gasteiger partial charge in [0.15, 0.2) is 11.6 Å². The van der Waals surface area contributed by atoms with Crippen molar-refractivity contribution < 1.29 is 18.3 Å². The van der Waals surface area contributed by atoms with E-state index in [9.17, 15) is 13.6 Å². The monoisotopic (exact) mass is 426 g/mol. The molecule has 2 aromatic carbocycles. The second kappa shape index (κ2) is 7.59. The molecular formula is C25H28F2N2O2. The van der Waals surface area contributed by atoms with Crippen LogP contribution in [-0.2, 0) is 11.2 Å². The normalized spacial score (nSPS) is 28.8. The molecule has 2 atom stereocenters. The van der Waals surface area contributed by atoms with Crippen LogP contribution in [0.1, 0.15) is 49.4 Å². The zero-order chi connectivity index (χ0) is 21.8. The summed E-state index contributed by atoms with van der Waals surface area (Å²) in [5.41, 5.74) is 1.80. The molecule has 2 bridgehead atoms. The number of carbonyl (C=O) groups is 1. The molecule has 0 saturated carbocycles. The second-order valence-corrected chi connectivity index (χ2v) is 9.47. The van der Waals surface area contributed by atoms with Crippen molar-refractivity contribution in [3.63, 3.8) is 0 Å². The van der Waals surface area contributed by atoms with Crippen molar-refractivity contribution in [3.8, 4) is 0 Å². The van der Waals surface area contributed by atoms with Crippen LogP contribution in [0, 0.1) is 17.6 Å². The number of nitrogens with zero attached hydrogens (tertiary/aromatic N) is 2. The molecule has 0 radical (unpaired) electrons. The largest absolute Gasteiger partial charge is 0.444 e. The highest BCUT2D eigenvalue weighted by atomic mass is 19.2. The minimum Gasteiger partial charge on any atom is -0.444 e. The van der Waals surface area contributed by atoms with E-state index in [0.717, 1.165) is 43.1 Å². The topological polar surface area (TPSA) is 32.8 Å². The number of halogens is 2. The van der Waals surface area contributed by atoms with Crippen molar-refractivity contribution in [2.45, 2.75) is 50.8 Å². The maximum absolute atomic E-state index is 14.9. The first-order valence-electron chi connectivity index (χ1n) is 11.1. The number of piperidine rings is 3. The predicted octanol–water partition coefficient (Wildman–Crippen LogP) is 4.92. The van der Waals surface area contributed by atoms with Gasteiger partial charge in [0.2, 0.25) is 0 Å². The summed E-state index contributed by atoms with van der Waals surface area (Å²) in [5, 5.41) is 0. The Bertz CT molecular complexity index is 1000. The molecule has 164 valence electrons. The lowest BCUT2D eigenvalue weighted by Crippen LogP contribution is -2.65. The lowest BCUT2D eigenvalue weighted by atomic mass is 9.74. The number of hydrogen-bond acceptors (Lipinski definition) is 3. The average molecular weight is 427 g/mol. The molecule has 0 aromatic heterocycles. The number of hydrogen-bond donors (Lipinski definition) is 0. The van der Waals surface area contributed by atoms with Gasteiger partial charge in [-0.15, -0.1) is 0 Å². The highest BCUT2D eigenvalue weighted by Crippen LogP contribution is 2.42. The van der Waals surface area contributed by atoms with Crippen LogP contribution >= 0.6 is 0 Å². The van der Waals surface area contributed by atoms with E-state index in [4.69, 9.17) is 4.74 Å². The molecule has 6 rings (SSSR count). The lowest BCUT2D eigenvalue weighted by Gasteiger charge is -2.55. The number of benzene rings is 2. The van der Waals surface area contributed by atoms with Gasteiger partial charge in [-0.25, -0.2) is 13.6 Å². The van der Waals surface area contributed by atoms with Gasteiger partial charge in [-0.3, -0.25) is 9.80 Å². The van der Waals surface area contributed by atoms with Crippen LogP contribution in [0.4, 0.5) is 13.6 Å². The van der Waals surface area contributed by atoms with Crippen LogP contribution in [0.3, 0.4) is 0 Å². The van der Waals surface area contributed by atoms with Gasteiger partial charge in [-0.1, -0.05) is 36.4 Å². The van der Waals surface area contributed by atoms with E-state index in [1.165, 1.54) is 6.07 Å². The number of fused-ring (bicyclic) bond motifs is 4. The summed E-state index contributed by atoms with van der Waals surface area (Å²) in [6.45, 7) is 6.72. The Kier molecular flexibility index (Phi) is 5.00. The Morgan fingerprint density at radius 3 is 2.45 bits per heavy atom. The second-order valence-electron chi connectivity index (χ2n) is 9.47. The molecule has 0 unspecified atom stereocenters. The fraction of sp³-hybridized carbons (Fsp3) is 0.480. The summed E-state index contributed by atoms with van der Waals surface area (Å²) in [7, 11) is 0. The Hall–Kier alpha value is -2.47. The molecular weight excluding hydrogens is 398 g/mol. The van der Waals surface area contributed by atoms with Crippen molar-refractivity contribution in [2.24, 2.45) is 5.92 Å². The van der Waals surface area contributed by atoms with E-state index in [2.05, 4.69) is 18.7 Å². The molecule has 6 heteroatoms. The number of amides is 1. The molecule has 4 aliphatic heterocycles. The molecule has 31 heavy (non-hydrogen) atoms. The first-order chi connectivity index (χ1) is 14.9. The number of carbonyl (C=O) groups excluding carboxylic acids is 1. The van der Waals surface area contributed by atoms with Gasteiger partial charge in [0, 0.05) is 18.0 Å². The first-order valence-corrected chi connectivity index (χ1v) is 11.1. The zero-order valence-electron chi connectivity index (χ0n) is 18.0. The summed E-state index contributed by atoms with van der Waals surface area (Å²) >= 11 is 0. The molecule has 2 aromatic rings. The molecule has 4 nitrogen and oxygen atoms in total. The maximum Gasteiger partial charge on any atom is 0.410 e. The van der Waals surface area contributed by atoms with Crippen LogP contribution in [0.15, 0.2) is 42.5 Å². The Morgan fingerprint density at radius 2 is 1.71 bits per heavy atom. The average Bonchev–Trinajstić information content (AvgIpc) is 2.77. The fourth-order valence-corrected chi connectivity index (χ4v) is 5.78. The standard InChI is InChI=1S/C25H28F2N2O2/c1-25(2)23(17-10-13-28(25)14-11-17)31-24(30)29-15-12-16-6-3-4-7-18(16)22(29)19-8-5-9-20(26)21(19)27/h3-9,17,22-23H,10-15H2,1-2H3/t22-,23+/m1/s1. The van der Waals surface area contributed by atoms with Gasteiger partial charge < -0.3 is 4.74 Å². The highest BCUT2D eigenvalue weighted by Gasteiger charge is 2.50. The van der Waals surface area contributed by atoms with Crippen molar-refractivity contribution in [3.05, 3.63) is 70.8 Å². The minimum absolute atomic E-state index is 0.164. The summed E-state index contributed by atoms with van der Waals surface area (Å²) in [6.07, 6.45) is 2.04. The molecule has 0 spiro atoms. The molecule has 0 N–H and O–H groups in total. The molecule has 4 aliphatic rings. The zero-order valence-corrected chi connectivity index (χ0v) is 18.0. The Labute approximate surface area is 181 Å². The maximum atomic E-state index is 14.9. The molecule has 1 amide bonds. The van der Waals surface area contributed by atoms with E-state index in [-0.39, 0.29) is 17.2 Å². The third-order valence-corrected chi connectivity index (χ3v) is 7.50. The lowest BCUT2D eigenvalue weighted by molar-refractivity contribution is -0.126. The minimum atomic E-state index is -0.912. The van der Waals surface area contributed by atoms with Gasteiger partial charge in [0.1, 0.15) is 6.10 Å². The Balaban J connectivity index is 1.50. The molecule has 4 heterocycles. The first kappa shape index (κ1) is 20.4. The smallest absolute Gasteiger partial charge is 0.410 e. The Morgan fingerprint density at radius 1 is 1.00 bits per heavy atom. The summed E-state index contributed by atoms with van der Waals surface area (Å²) in [4.78, 5) is 17.5. The van der Waals surface area contributed by atoms with Crippen molar-refractivity contribution in [1.82, 2.24) is 9.80 Å². The summed E-state index contributed by atoms with van der Waals surface area (Å²) < 4.78 is 35.1. The predicted molar refractivity (Wildman–Crippen MR) is 114 cm³/mol. The summed E-state index contributed by atoms with van der Waals surface area (Å²) in [6, 6.07) is 11.1. The van der Waals surface area contributed by atoms with Gasteiger partial charge in [0.05, 0.1) is 11.6 Å². The third-order valence-electron chi connectivity index (χ3n) is 7.50. The van der Waals surface area contributed by atoms with E-state index in [0.29, 0.717) is 18.9 Å². The fourth-order valence-electron chi connectivity index (χ4n) is 5.78. The van der Waals surface area contributed by atoms with E-state index < -0.39 is 23.8 Å². The quantitative estimate of drug-likeness (QED) is 0.683. The van der Waals surface area contributed by atoms with Crippen LogP contribution in [-0.4, -0.2) is 47.2 Å². The van der Waals surface area contributed by atoms with Crippen LogP contribution in [0.2, 0.25) is 0 Å². The number of rotatable bonds is 2. The van der Waals surface area contributed by atoms with Crippen LogP contribution < -0.4 is 0 Å². The SMILES string of the molecule is CC1(C)[C@@H](OC(=O)N2CCc3ccccc3[C@@H]2c2cccc(F)c2F)C2CCN1CC2. The van der Waals surface area contributed by atoms with E-state index in [1.54, 1.807) is 11.0 Å². The van der Waals surface area contributed by atoms with Crippen molar-refractivity contribution in [1.29, 1.82) is 0 Å². The third kappa shape index (κ3) is 3.32. The summed E-state index contributed by atoms with van der Waals surface area (Å²) in [5.74, 6) is -1.48. The molecule has 3 fully saturated rings. The molecule has 0 aliphatic carbocycles. The number of ether oxygens (including phenoxy) is 1. The van der Waals surface area contributed by atoms with Gasteiger partial charge in [-0.2, -0.15) is 0 Å². The van der Waals surface area contributed by atoms with Gasteiger partial charge in [0.25, 0.3) is 0 Å². The van der Waals surface area contributed by atoms with Gasteiger partial charge >= 0.3 is 6.09 Å². The van der Waals surface area contributed by atoms with Crippen molar-refractivity contribution >= 4 is 6.09 Å². The van der Waals surface area contributed by atoms with Crippen LogP contribution in [0.25, 0.3) is 0 Å². The van der Waals surface area contributed by atoms with Gasteiger partial charge in [-0.05, 0) is 63.4 Å².